The molecular weight excluding hydrogens is 304 g/mol. The van der Waals surface area contributed by atoms with E-state index in [1.807, 2.05) is 4.90 Å². The molecule has 1 N–H and O–H groups in total. The zero-order valence-corrected chi connectivity index (χ0v) is 12.5. The normalized spacial score (nSPS) is 19.0. The maximum absolute atomic E-state index is 13.8. The van der Waals surface area contributed by atoms with E-state index in [2.05, 4.69) is 0 Å². The van der Waals surface area contributed by atoms with Gasteiger partial charge in [0.15, 0.2) is 0 Å². The Balaban J connectivity index is 1.81. The van der Waals surface area contributed by atoms with Gasteiger partial charge in [0.25, 0.3) is 0 Å². The van der Waals surface area contributed by atoms with Crippen LogP contribution in [0.1, 0.15) is 25.0 Å². The summed E-state index contributed by atoms with van der Waals surface area (Å²) in [6.07, 6.45) is 2.42. The van der Waals surface area contributed by atoms with Gasteiger partial charge >= 0.3 is 5.97 Å². The topological polar surface area (TPSA) is 53.7 Å². The van der Waals surface area contributed by atoms with E-state index in [4.69, 9.17) is 4.42 Å². The van der Waals surface area contributed by atoms with Crippen LogP contribution in [0.3, 0.4) is 0 Å². The van der Waals surface area contributed by atoms with Crippen molar-refractivity contribution < 1.29 is 23.1 Å². The number of hydrogen-bond donors (Lipinski definition) is 1. The average Bonchev–Trinajstić information content (AvgIpc) is 2.95. The highest BCUT2D eigenvalue weighted by Gasteiger charge is 2.29. The van der Waals surface area contributed by atoms with E-state index in [-0.39, 0.29) is 11.3 Å². The molecule has 1 aromatic heterocycles. The second-order valence-electron chi connectivity index (χ2n) is 5.68. The van der Waals surface area contributed by atoms with Gasteiger partial charge in [-0.3, -0.25) is 9.69 Å². The smallest absolute Gasteiger partial charge is 0.320 e. The molecule has 1 saturated heterocycles. The molecule has 4 nitrogen and oxygen atoms in total. The number of furan rings is 1. The predicted octanol–water partition coefficient (Wildman–Crippen LogP) is 3.66. The summed E-state index contributed by atoms with van der Waals surface area (Å²) in [5.41, 5.74) is -0.202. The number of halogens is 2. The first-order valence-electron chi connectivity index (χ1n) is 7.56. The lowest BCUT2D eigenvalue weighted by Crippen LogP contribution is -2.43. The number of carbonyl (C=O) groups is 1. The molecule has 1 unspecified atom stereocenters. The number of carboxylic acids is 1. The molecule has 1 aliphatic rings. The largest absolute Gasteiger partial charge is 0.480 e. The lowest BCUT2D eigenvalue weighted by molar-refractivity contribution is -0.144. The second kappa shape index (κ2) is 6.50. The third-order valence-corrected chi connectivity index (χ3v) is 4.13. The van der Waals surface area contributed by atoms with Crippen molar-refractivity contribution in [2.75, 3.05) is 6.54 Å². The van der Waals surface area contributed by atoms with E-state index in [9.17, 15) is 18.7 Å². The van der Waals surface area contributed by atoms with Gasteiger partial charge in [0.2, 0.25) is 0 Å². The average molecular weight is 321 g/mol. The van der Waals surface area contributed by atoms with E-state index < -0.39 is 23.6 Å². The van der Waals surface area contributed by atoms with E-state index in [1.165, 1.54) is 24.3 Å². The molecule has 6 heteroatoms. The zero-order chi connectivity index (χ0) is 16.4. The minimum atomic E-state index is -0.850. The summed E-state index contributed by atoms with van der Waals surface area (Å²) in [7, 11) is 0. The Morgan fingerprint density at radius 1 is 1.22 bits per heavy atom. The molecule has 0 aliphatic carbocycles. The highest BCUT2D eigenvalue weighted by atomic mass is 19.1. The van der Waals surface area contributed by atoms with E-state index in [0.29, 0.717) is 25.3 Å². The quantitative estimate of drug-likeness (QED) is 0.933. The summed E-state index contributed by atoms with van der Waals surface area (Å²) in [5, 5.41) is 9.27. The Hall–Kier alpha value is -2.21. The van der Waals surface area contributed by atoms with Gasteiger partial charge in [0.05, 0.1) is 12.1 Å². The Labute approximate surface area is 132 Å². The number of hydrogen-bond acceptors (Lipinski definition) is 3. The predicted molar refractivity (Wildman–Crippen MR) is 79.7 cm³/mol. The molecule has 0 bridgehead atoms. The van der Waals surface area contributed by atoms with Crippen molar-refractivity contribution in [3.63, 3.8) is 0 Å². The summed E-state index contributed by atoms with van der Waals surface area (Å²) >= 11 is 0. The highest BCUT2D eigenvalue weighted by molar-refractivity contribution is 5.73. The summed E-state index contributed by atoms with van der Waals surface area (Å²) in [4.78, 5) is 13.1. The number of rotatable bonds is 4. The van der Waals surface area contributed by atoms with Crippen molar-refractivity contribution in [2.24, 2.45) is 0 Å². The number of carboxylic acid groups (broad SMARTS) is 1. The van der Waals surface area contributed by atoms with Crippen molar-refractivity contribution in [3.05, 3.63) is 47.7 Å². The summed E-state index contributed by atoms with van der Waals surface area (Å²) in [6.45, 7) is 0.980. The number of benzene rings is 1. The van der Waals surface area contributed by atoms with Crippen LogP contribution in [0.15, 0.2) is 34.7 Å². The van der Waals surface area contributed by atoms with Crippen LogP contribution in [0.4, 0.5) is 8.78 Å². The standard InChI is InChI=1S/C17H17F2NO3/c18-12-4-3-5-13(19)16(12)15-8-7-11(23-15)10-20-9-2-1-6-14(20)17(21)22/h3-5,7-8,14H,1-2,6,9-10H2,(H,21,22). The number of aliphatic carboxylic acids is 1. The first-order chi connectivity index (χ1) is 11.1. The second-order valence-corrected chi connectivity index (χ2v) is 5.68. The molecule has 2 heterocycles. The highest BCUT2D eigenvalue weighted by Crippen LogP contribution is 2.29. The van der Waals surface area contributed by atoms with Gasteiger partial charge in [-0.1, -0.05) is 12.5 Å². The Morgan fingerprint density at radius 2 is 1.96 bits per heavy atom. The monoisotopic (exact) mass is 321 g/mol. The van der Waals surface area contributed by atoms with Crippen LogP contribution in [0.5, 0.6) is 0 Å². The summed E-state index contributed by atoms with van der Waals surface area (Å²) in [5.74, 6) is -1.62. The molecule has 0 radical (unpaired) electrons. The Bertz CT molecular complexity index is 693. The molecule has 0 saturated carbocycles. The van der Waals surface area contributed by atoms with Crippen LogP contribution >= 0.6 is 0 Å². The third kappa shape index (κ3) is 3.27. The lowest BCUT2D eigenvalue weighted by atomic mass is 10.0. The minimum absolute atomic E-state index is 0.111. The zero-order valence-electron chi connectivity index (χ0n) is 12.5. The van der Waals surface area contributed by atoms with Gasteiger partial charge in [-0.05, 0) is 43.7 Å². The van der Waals surface area contributed by atoms with Gasteiger partial charge in [0, 0.05) is 0 Å². The van der Waals surface area contributed by atoms with Gasteiger partial charge in [-0.15, -0.1) is 0 Å². The van der Waals surface area contributed by atoms with Crippen LogP contribution in [-0.2, 0) is 11.3 Å². The molecule has 0 spiro atoms. The lowest BCUT2D eigenvalue weighted by Gasteiger charge is -2.31. The molecule has 0 amide bonds. The minimum Gasteiger partial charge on any atom is -0.480 e. The van der Waals surface area contributed by atoms with Crippen LogP contribution < -0.4 is 0 Å². The van der Waals surface area contributed by atoms with Crippen molar-refractivity contribution in [1.29, 1.82) is 0 Å². The van der Waals surface area contributed by atoms with E-state index in [1.54, 1.807) is 6.07 Å². The van der Waals surface area contributed by atoms with Crippen LogP contribution in [-0.4, -0.2) is 28.6 Å². The maximum atomic E-state index is 13.8. The van der Waals surface area contributed by atoms with Crippen LogP contribution in [0.25, 0.3) is 11.3 Å². The molecule has 2 aromatic rings. The van der Waals surface area contributed by atoms with E-state index >= 15 is 0 Å². The molecule has 1 aromatic carbocycles. The molecule has 1 fully saturated rings. The summed E-state index contributed by atoms with van der Waals surface area (Å²) in [6, 6.07) is 6.24. The number of piperidine rings is 1. The van der Waals surface area contributed by atoms with Crippen molar-refractivity contribution in [1.82, 2.24) is 4.90 Å². The molecule has 1 aliphatic heterocycles. The molecule has 23 heavy (non-hydrogen) atoms. The Morgan fingerprint density at radius 3 is 2.65 bits per heavy atom. The maximum Gasteiger partial charge on any atom is 0.320 e. The SMILES string of the molecule is O=C(O)C1CCCCN1Cc1ccc(-c2c(F)cccc2F)o1. The first kappa shape index (κ1) is 15.7. The fourth-order valence-electron chi connectivity index (χ4n) is 2.99. The fraction of sp³-hybridized carbons (Fsp3) is 0.353. The van der Waals surface area contributed by atoms with E-state index in [0.717, 1.165) is 12.8 Å². The number of nitrogens with zero attached hydrogens (tertiary/aromatic N) is 1. The third-order valence-electron chi connectivity index (χ3n) is 4.13. The van der Waals surface area contributed by atoms with Gasteiger partial charge in [0.1, 0.15) is 29.2 Å². The number of likely N-dealkylation sites (tertiary alicyclic amines) is 1. The van der Waals surface area contributed by atoms with Crippen LogP contribution in [0.2, 0.25) is 0 Å². The van der Waals surface area contributed by atoms with Crippen molar-refractivity contribution >= 4 is 5.97 Å². The molecule has 122 valence electrons. The first-order valence-corrected chi connectivity index (χ1v) is 7.56. The van der Waals surface area contributed by atoms with Crippen LogP contribution in [0, 0.1) is 11.6 Å². The van der Waals surface area contributed by atoms with Gasteiger partial charge in [-0.2, -0.15) is 0 Å². The Kier molecular flexibility index (Phi) is 4.43. The molecule has 1 atom stereocenters. The van der Waals surface area contributed by atoms with Crippen molar-refractivity contribution in [3.8, 4) is 11.3 Å². The van der Waals surface area contributed by atoms with Crippen molar-refractivity contribution in [2.45, 2.75) is 31.8 Å². The summed E-state index contributed by atoms with van der Waals surface area (Å²) < 4.78 is 33.1. The molecular formula is C17H17F2NO3. The fourth-order valence-corrected chi connectivity index (χ4v) is 2.99. The van der Waals surface area contributed by atoms with Gasteiger partial charge < -0.3 is 9.52 Å². The molecule has 3 rings (SSSR count). The van der Waals surface area contributed by atoms with Gasteiger partial charge in [-0.25, -0.2) is 8.78 Å².